The van der Waals surface area contributed by atoms with Gasteiger partial charge in [-0.15, -0.1) is 0 Å². The molecule has 0 aliphatic heterocycles. The molecule has 2 amide bonds. The number of halogens is 1. The maximum atomic E-state index is 13.2. The molecule has 0 unspecified atom stereocenters. The fraction of sp³-hybridized carbons (Fsp3) is 0.200. The van der Waals surface area contributed by atoms with Crippen LogP contribution in [-0.4, -0.2) is 30.5 Å². The lowest BCUT2D eigenvalue weighted by molar-refractivity contribution is -0.119. The second-order valence-electron chi connectivity index (χ2n) is 2.99. The first-order valence-corrected chi connectivity index (χ1v) is 4.52. The summed E-state index contributed by atoms with van der Waals surface area (Å²) in [6.45, 7) is -0.275. The molecule has 0 aliphatic rings. The highest BCUT2D eigenvalue weighted by atomic mass is 19.1. The van der Waals surface area contributed by atoms with E-state index in [0.717, 1.165) is 6.07 Å². The Morgan fingerprint density at radius 1 is 1.44 bits per heavy atom. The average Bonchev–Trinajstić information content (AvgIpc) is 2.25. The predicted octanol–water partition coefficient (Wildman–Crippen LogP) is 0.00710. The number of benzene rings is 1. The summed E-state index contributed by atoms with van der Waals surface area (Å²) in [7, 11) is 1.41. The molecular formula is C10H11FN2O3. The van der Waals surface area contributed by atoms with Gasteiger partial charge in [-0.25, -0.2) is 4.39 Å². The summed E-state index contributed by atoms with van der Waals surface area (Å²) in [5, 5.41) is 13.8. The second-order valence-corrected chi connectivity index (χ2v) is 2.99. The molecule has 0 aromatic heterocycles. The molecule has 5 nitrogen and oxygen atoms in total. The molecule has 86 valence electrons. The molecular weight excluding hydrogens is 215 g/mol. The van der Waals surface area contributed by atoms with Crippen molar-refractivity contribution < 1.29 is 19.1 Å². The lowest BCUT2D eigenvalue weighted by Crippen LogP contribution is -2.35. The van der Waals surface area contributed by atoms with Crippen molar-refractivity contribution in [3.05, 3.63) is 29.6 Å². The normalized spacial score (nSPS) is 9.62. The third kappa shape index (κ3) is 2.69. The summed E-state index contributed by atoms with van der Waals surface area (Å²) >= 11 is 0. The van der Waals surface area contributed by atoms with E-state index in [2.05, 4.69) is 10.6 Å². The lowest BCUT2D eigenvalue weighted by Gasteiger charge is -2.06. The Kier molecular flexibility index (Phi) is 3.82. The van der Waals surface area contributed by atoms with Crippen molar-refractivity contribution in [2.24, 2.45) is 0 Å². The standard InChI is InChI=1S/C10H11FN2O3/c1-12-8(15)5-13-10(16)9-6(11)3-2-4-7(9)14/h2-4,14H,5H2,1H3,(H,12,15)(H,13,16). The molecule has 0 bridgehead atoms. The van der Waals surface area contributed by atoms with Crippen molar-refractivity contribution in [2.75, 3.05) is 13.6 Å². The fourth-order valence-corrected chi connectivity index (χ4v) is 1.07. The number of hydrogen-bond donors (Lipinski definition) is 3. The van der Waals surface area contributed by atoms with Gasteiger partial charge in [-0.2, -0.15) is 0 Å². The van der Waals surface area contributed by atoms with Crippen molar-refractivity contribution >= 4 is 11.8 Å². The minimum absolute atomic E-state index is 0.275. The van der Waals surface area contributed by atoms with Crippen LogP contribution in [0.5, 0.6) is 5.75 Å². The predicted molar refractivity (Wildman–Crippen MR) is 54.5 cm³/mol. The Bertz CT molecular complexity index is 400. The van der Waals surface area contributed by atoms with Gasteiger partial charge in [-0.1, -0.05) is 6.07 Å². The van der Waals surface area contributed by atoms with E-state index in [9.17, 15) is 19.1 Å². The van der Waals surface area contributed by atoms with Gasteiger partial charge in [-0.3, -0.25) is 9.59 Å². The van der Waals surface area contributed by atoms with Gasteiger partial charge >= 0.3 is 0 Å². The average molecular weight is 226 g/mol. The van der Waals surface area contributed by atoms with Gasteiger partial charge in [0.25, 0.3) is 5.91 Å². The van der Waals surface area contributed by atoms with E-state index in [1.165, 1.54) is 19.2 Å². The number of likely N-dealkylation sites (N-methyl/N-ethyl adjacent to an activating group) is 1. The largest absolute Gasteiger partial charge is 0.507 e. The number of carbonyl (C=O) groups excluding carboxylic acids is 2. The number of aromatic hydroxyl groups is 1. The first-order valence-electron chi connectivity index (χ1n) is 4.52. The molecule has 0 radical (unpaired) electrons. The summed E-state index contributed by atoms with van der Waals surface area (Å²) in [6, 6.07) is 3.52. The van der Waals surface area contributed by atoms with E-state index in [1.807, 2.05) is 0 Å². The van der Waals surface area contributed by atoms with Crippen LogP contribution in [0.25, 0.3) is 0 Å². The highest BCUT2D eigenvalue weighted by molar-refractivity contribution is 5.98. The Hall–Kier alpha value is -2.11. The number of phenolic OH excluding ortho intramolecular Hbond substituents is 1. The van der Waals surface area contributed by atoms with E-state index >= 15 is 0 Å². The Morgan fingerprint density at radius 2 is 2.12 bits per heavy atom. The van der Waals surface area contributed by atoms with Crippen LogP contribution in [0.15, 0.2) is 18.2 Å². The zero-order valence-electron chi connectivity index (χ0n) is 8.58. The molecule has 3 N–H and O–H groups in total. The van der Waals surface area contributed by atoms with Gasteiger partial charge in [0.05, 0.1) is 6.54 Å². The summed E-state index contributed by atoms with van der Waals surface area (Å²) in [5.41, 5.74) is -0.466. The third-order valence-corrected chi connectivity index (χ3v) is 1.91. The van der Waals surface area contributed by atoms with Crippen molar-refractivity contribution in [3.63, 3.8) is 0 Å². The Balaban J connectivity index is 2.77. The zero-order chi connectivity index (χ0) is 12.1. The molecule has 0 saturated carbocycles. The monoisotopic (exact) mass is 226 g/mol. The van der Waals surface area contributed by atoms with Crippen molar-refractivity contribution in [1.82, 2.24) is 10.6 Å². The van der Waals surface area contributed by atoms with Gasteiger partial charge in [-0.05, 0) is 12.1 Å². The number of nitrogens with one attached hydrogen (secondary N) is 2. The zero-order valence-corrected chi connectivity index (χ0v) is 8.58. The maximum absolute atomic E-state index is 13.2. The van der Waals surface area contributed by atoms with Gasteiger partial charge in [0, 0.05) is 7.05 Å². The van der Waals surface area contributed by atoms with Crippen LogP contribution in [0.2, 0.25) is 0 Å². The summed E-state index contributed by atoms with van der Waals surface area (Å²) in [5.74, 6) is -2.55. The molecule has 0 fully saturated rings. The van der Waals surface area contributed by atoms with E-state index in [4.69, 9.17) is 0 Å². The van der Waals surface area contributed by atoms with E-state index < -0.39 is 28.9 Å². The van der Waals surface area contributed by atoms with Gasteiger partial charge in [0.1, 0.15) is 17.1 Å². The first-order chi connectivity index (χ1) is 7.56. The van der Waals surface area contributed by atoms with Crippen LogP contribution in [0.4, 0.5) is 4.39 Å². The number of rotatable bonds is 3. The number of carbonyl (C=O) groups is 2. The second kappa shape index (κ2) is 5.11. The molecule has 0 atom stereocenters. The van der Waals surface area contributed by atoms with Gasteiger partial charge in [0.2, 0.25) is 5.91 Å². The molecule has 0 spiro atoms. The topological polar surface area (TPSA) is 78.4 Å². The SMILES string of the molecule is CNC(=O)CNC(=O)c1c(O)cccc1F. The smallest absolute Gasteiger partial charge is 0.258 e. The molecule has 0 aliphatic carbocycles. The number of phenols is 1. The molecule has 1 aromatic carbocycles. The summed E-state index contributed by atoms with van der Waals surface area (Å²) in [4.78, 5) is 22.3. The molecule has 0 heterocycles. The Labute approximate surface area is 91.3 Å². The maximum Gasteiger partial charge on any atom is 0.258 e. The van der Waals surface area contributed by atoms with Crippen LogP contribution >= 0.6 is 0 Å². The van der Waals surface area contributed by atoms with Crippen LogP contribution in [0, 0.1) is 5.82 Å². The quantitative estimate of drug-likeness (QED) is 0.679. The first kappa shape index (κ1) is 12.0. The van der Waals surface area contributed by atoms with E-state index in [0.29, 0.717) is 0 Å². The van der Waals surface area contributed by atoms with Crippen LogP contribution in [-0.2, 0) is 4.79 Å². The van der Waals surface area contributed by atoms with Crippen molar-refractivity contribution in [1.29, 1.82) is 0 Å². The van der Waals surface area contributed by atoms with E-state index in [-0.39, 0.29) is 6.54 Å². The van der Waals surface area contributed by atoms with Crippen LogP contribution in [0.3, 0.4) is 0 Å². The fourth-order valence-electron chi connectivity index (χ4n) is 1.07. The third-order valence-electron chi connectivity index (χ3n) is 1.91. The number of amides is 2. The van der Waals surface area contributed by atoms with Crippen LogP contribution < -0.4 is 10.6 Å². The minimum Gasteiger partial charge on any atom is -0.507 e. The molecule has 1 aromatic rings. The lowest BCUT2D eigenvalue weighted by atomic mass is 10.1. The van der Waals surface area contributed by atoms with Gasteiger partial charge < -0.3 is 15.7 Å². The molecule has 0 saturated heterocycles. The molecule has 16 heavy (non-hydrogen) atoms. The van der Waals surface area contributed by atoms with Crippen LogP contribution in [0.1, 0.15) is 10.4 Å². The minimum atomic E-state index is -0.839. The highest BCUT2D eigenvalue weighted by Crippen LogP contribution is 2.19. The Morgan fingerprint density at radius 3 is 2.69 bits per heavy atom. The molecule has 6 heteroatoms. The van der Waals surface area contributed by atoms with Crippen molar-refractivity contribution in [3.8, 4) is 5.75 Å². The van der Waals surface area contributed by atoms with E-state index in [1.54, 1.807) is 0 Å². The summed E-state index contributed by atoms with van der Waals surface area (Å²) in [6.07, 6.45) is 0. The van der Waals surface area contributed by atoms with Gasteiger partial charge in [0.15, 0.2) is 0 Å². The number of hydrogen-bond acceptors (Lipinski definition) is 3. The molecule has 1 rings (SSSR count). The van der Waals surface area contributed by atoms with Crippen molar-refractivity contribution in [2.45, 2.75) is 0 Å². The summed E-state index contributed by atoms with van der Waals surface area (Å²) < 4.78 is 13.2. The highest BCUT2D eigenvalue weighted by Gasteiger charge is 2.16.